The first-order valence-electron chi connectivity index (χ1n) is 7.13. The molecule has 0 aliphatic rings. The van der Waals surface area contributed by atoms with E-state index in [1.807, 2.05) is 6.07 Å². The largest absolute Gasteiger partial charge is 0.452 e. The number of halogens is 2. The summed E-state index contributed by atoms with van der Waals surface area (Å²) in [6, 6.07) is 7.28. The highest BCUT2D eigenvalue weighted by Crippen LogP contribution is 2.21. The Bertz CT molecular complexity index is 643. The number of carbonyl (C=O) groups excluding carboxylic acids is 2. The maximum atomic E-state index is 12.3. The molecule has 130 valence electrons. The summed E-state index contributed by atoms with van der Waals surface area (Å²) in [4.78, 5) is 23.8. The van der Waals surface area contributed by atoms with E-state index in [9.17, 15) is 18.4 Å². The molecule has 0 bridgehead atoms. The summed E-state index contributed by atoms with van der Waals surface area (Å²) < 4.78 is 33.6. The van der Waals surface area contributed by atoms with Crippen LogP contribution < -0.4 is 10.1 Å². The lowest BCUT2D eigenvalue weighted by Crippen LogP contribution is -2.50. The SMILES string of the molecule is CC(C)[C@@](C)(C#N)NC(=O)COC(=O)c1ccccc1OC(F)F. The molecule has 0 aliphatic carbocycles. The lowest BCUT2D eigenvalue weighted by molar-refractivity contribution is -0.125. The zero-order valence-corrected chi connectivity index (χ0v) is 13.5. The third-order valence-electron chi connectivity index (χ3n) is 3.44. The van der Waals surface area contributed by atoms with Gasteiger partial charge in [0, 0.05) is 0 Å². The second-order valence-corrected chi connectivity index (χ2v) is 5.47. The minimum atomic E-state index is -3.09. The highest BCUT2D eigenvalue weighted by molar-refractivity contribution is 5.94. The van der Waals surface area contributed by atoms with Gasteiger partial charge in [-0.25, -0.2) is 4.79 Å². The van der Waals surface area contributed by atoms with Gasteiger partial charge in [-0.15, -0.1) is 0 Å². The first-order chi connectivity index (χ1) is 11.2. The number of carbonyl (C=O) groups is 2. The molecule has 0 unspecified atom stereocenters. The van der Waals surface area contributed by atoms with E-state index in [2.05, 4.69) is 10.1 Å². The number of amides is 1. The van der Waals surface area contributed by atoms with Crippen LogP contribution in [0.25, 0.3) is 0 Å². The second kappa shape index (κ2) is 8.24. The van der Waals surface area contributed by atoms with Crippen LogP contribution in [-0.2, 0) is 9.53 Å². The van der Waals surface area contributed by atoms with Gasteiger partial charge >= 0.3 is 12.6 Å². The first kappa shape index (κ1) is 19.4. The van der Waals surface area contributed by atoms with Crippen molar-refractivity contribution in [3.63, 3.8) is 0 Å². The van der Waals surface area contributed by atoms with E-state index in [1.165, 1.54) is 24.3 Å². The molecule has 1 rings (SSSR count). The number of nitriles is 1. The number of rotatable bonds is 7. The summed E-state index contributed by atoms with van der Waals surface area (Å²) in [6.07, 6.45) is 0. The lowest BCUT2D eigenvalue weighted by Gasteiger charge is -2.27. The van der Waals surface area contributed by atoms with Crippen molar-refractivity contribution in [3.8, 4) is 11.8 Å². The highest BCUT2D eigenvalue weighted by Gasteiger charge is 2.30. The van der Waals surface area contributed by atoms with Crippen molar-refractivity contribution in [3.05, 3.63) is 29.8 Å². The molecule has 1 aromatic carbocycles. The summed E-state index contributed by atoms with van der Waals surface area (Å²) in [5.74, 6) is -2.16. The molecule has 0 saturated carbocycles. The molecule has 1 amide bonds. The van der Waals surface area contributed by atoms with Crippen molar-refractivity contribution in [1.82, 2.24) is 5.32 Å². The number of nitrogens with zero attached hydrogens (tertiary/aromatic N) is 1. The quantitative estimate of drug-likeness (QED) is 0.771. The number of ether oxygens (including phenoxy) is 2. The number of hydrogen-bond donors (Lipinski definition) is 1. The predicted molar refractivity (Wildman–Crippen MR) is 80.4 cm³/mol. The predicted octanol–water partition coefficient (Wildman–Crippen LogP) is 2.50. The van der Waals surface area contributed by atoms with Crippen LogP contribution in [0.2, 0.25) is 0 Å². The maximum Gasteiger partial charge on any atom is 0.387 e. The van der Waals surface area contributed by atoms with Crippen molar-refractivity contribution in [2.75, 3.05) is 6.61 Å². The molecule has 1 aromatic rings. The van der Waals surface area contributed by atoms with Crippen LogP contribution in [0, 0.1) is 17.2 Å². The van der Waals surface area contributed by atoms with Gasteiger partial charge < -0.3 is 14.8 Å². The molecule has 0 fully saturated rings. The van der Waals surface area contributed by atoms with Crippen LogP contribution in [0.3, 0.4) is 0 Å². The average molecular weight is 340 g/mol. The number of para-hydroxylation sites is 1. The fraction of sp³-hybridized carbons (Fsp3) is 0.438. The minimum Gasteiger partial charge on any atom is -0.452 e. The van der Waals surface area contributed by atoms with Gasteiger partial charge in [-0.1, -0.05) is 26.0 Å². The van der Waals surface area contributed by atoms with Gasteiger partial charge in [-0.05, 0) is 25.0 Å². The van der Waals surface area contributed by atoms with E-state index in [4.69, 9.17) is 10.00 Å². The number of hydrogen-bond acceptors (Lipinski definition) is 5. The molecular weight excluding hydrogens is 322 g/mol. The standard InChI is InChI=1S/C16H18F2N2O4/c1-10(2)16(3,9-19)20-13(21)8-23-14(22)11-6-4-5-7-12(11)24-15(17)18/h4-7,10,15H,8H2,1-3H3,(H,20,21)/t16-/m1/s1. The van der Waals surface area contributed by atoms with E-state index in [1.54, 1.807) is 20.8 Å². The zero-order valence-electron chi connectivity index (χ0n) is 13.5. The molecule has 0 aromatic heterocycles. The summed E-state index contributed by atoms with van der Waals surface area (Å²) >= 11 is 0. The monoisotopic (exact) mass is 340 g/mol. The normalized spacial score (nSPS) is 13.1. The molecule has 6 nitrogen and oxygen atoms in total. The van der Waals surface area contributed by atoms with Gasteiger partial charge in [0.25, 0.3) is 5.91 Å². The van der Waals surface area contributed by atoms with E-state index < -0.39 is 30.6 Å². The second-order valence-electron chi connectivity index (χ2n) is 5.47. The summed E-state index contributed by atoms with van der Waals surface area (Å²) in [6.45, 7) is 1.32. The van der Waals surface area contributed by atoms with Crippen LogP contribution >= 0.6 is 0 Å². The van der Waals surface area contributed by atoms with Crippen molar-refractivity contribution >= 4 is 11.9 Å². The Balaban J connectivity index is 2.70. The van der Waals surface area contributed by atoms with E-state index in [0.717, 1.165) is 0 Å². The van der Waals surface area contributed by atoms with Crippen molar-refractivity contribution in [1.29, 1.82) is 5.26 Å². The van der Waals surface area contributed by atoms with E-state index >= 15 is 0 Å². The number of benzene rings is 1. The van der Waals surface area contributed by atoms with Gasteiger partial charge in [0.2, 0.25) is 0 Å². The molecule has 24 heavy (non-hydrogen) atoms. The van der Waals surface area contributed by atoms with Gasteiger partial charge in [0.15, 0.2) is 6.61 Å². The summed E-state index contributed by atoms with van der Waals surface area (Å²) in [5.41, 5.74) is -1.34. The van der Waals surface area contributed by atoms with Gasteiger partial charge in [0.1, 0.15) is 16.9 Å². The molecule has 0 saturated heterocycles. The molecule has 0 heterocycles. The van der Waals surface area contributed by atoms with Crippen molar-refractivity contribution in [2.45, 2.75) is 32.9 Å². The van der Waals surface area contributed by atoms with Gasteiger partial charge in [-0.3, -0.25) is 4.79 Å². The third-order valence-corrected chi connectivity index (χ3v) is 3.44. The Morgan fingerprint density at radius 2 is 1.96 bits per heavy atom. The van der Waals surface area contributed by atoms with Crippen LogP contribution in [0.4, 0.5) is 8.78 Å². The van der Waals surface area contributed by atoms with Crippen molar-refractivity contribution in [2.24, 2.45) is 5.92 Å². The number of nitrogens with one attached hydrogen (secondary N) is 1. The Kier molecular flexibility index (Phi) is 6.65. The minimum absolute atomic E-state index is 0.165. The summed E-state index contributed by atoms with van der Waals surface area (Å²) in [7, 11) is 0. The first-order valence-corrected chi connectivity index (χ1v) is 7.13. The zero-order chi connectivity index (χ0) is 18.3. The molecule has 0 aliphatic heterocycles. The third kappa shape index (κ3) is 5.19. The van der Waals surface area contributed by atoms with Crippen LogP contribution in [0.5, 0.6) is 5.75 Å². The summed E-state index contributed by atoms with van der Waals surface area (Å²) in [5, 5.41) is 11.6. The Labute approximate surface area is 138 Å². The fourth-order valence-corrected chi connectivity index (χ4v) is 1.67. The highest BCUT2D eigenvalue weighted by atomic mass is 19.3. The Morgan fingerprint density at radius 3 is 2.50 bits per heavy atom. The Morgan fingerprint density at radius 1 is 1.33 bits per heavy atom. The van der Waals surface area contributed by atoms with Gasteiger partial charge in [-0.2, -0.15) is 14.0 Å². The molecule has 1 atom stereocenters. The number of alkyl halides is 2. The Hall–Kier alpha value is -2.69. The van der Waals surface area contributed by atoms with Crippen LogP contribution in [0.15, 0.2) is 24.3 Å². The molecule has 8 heteroatoms. The average Bonchev–Trinajstić information content (AvgIpc) is 2.52. The maximum absolute atomic E-state index is 12.3. The fourth-order valence-electron chi connectivity index (χ4n) is 1.67. The lowest BCUT2D eigenvalue weighted by atomic mass is 9.90. The molecular formula is C16H18F2N2O4. The van der Waals surface area contributed by atoms with Crippen LogP contribution in [-0.4, -0.2) is 30.6 Å². The molecule has 0 spiro atoms. The van der Waals surface area contributed by atoms with E-state index in [-0.39, 0.29) is 17.2 Å². The molecule has 1 N–H and O–H groups in total. The smallest absolute Gasteiger partial charge is 0.387 e. The van der Waals surface area contributed by atoms with Crippen LogP contribution in [0.1, 0.15) is 31.1 Å². The number of esters is 1. The van der Waals surface area contributed by atoms with E-state index in [0.29, 0.717) is 0 Å². The topological polar surface area (TPSA) is 88.4 Å². The van der Waals surface area contributed by atoms with Gasteiger partial charge in [0.05, 0.1) is 6.07 Å². The van der Waals surface area contributed by atoms with Crippen molar-refractivity contribution < 1.29 is 27.8 Å². The molecule has 0 radical (unpaired) electrons.